The summed E-state index contributed by atoms with van der Waals surface area (Å²) in [6.07, 6.45) is -1.35. The van der Waals surface area contributed by atoms with Crippen LogP contribution in [0, 0.1) is 5.92 Å². The SMILES string of the molecule is COC(=O)CCCOc1cc2c(cc1OC)C(=O)N1CCCC1C(O)N2C(=O)OCc1ccc(OCC2=C(C(=O)OCc3ccc(CO)cc3)N3C(=O)C(CC(=O)Cc4ccccc4)C3S(=O)(=O)C2)cc1. The van der Waals surface area contributed by atoms with Crippen molar-refractivity contribution in [3.63, 3.8) is 0 Å². The van der Waals surface area contributed by atoms with Gasteiger partial charge in [0.25, 0.3) is 5.91 Å². The number of ketones is 1. The number of sulfone groups is 1. The molecule has 0 saturated carbocycles. The number of ether oxygens (including phenoxy) is 6. The lowest BCUT2D eigenvalue weighted by Crippen LogP contribution is -2.67. The van der Waals surface area contributed by atoms with E-state index in [1.807, 2.05) is 0 Å². The Kier molecular flexibility index (Phi) is 15.4. The zero-order valence-electron chi connectivity index (χ0n) is 39.0. The number of methoxy groups -OCH3 is 2. The molecule has 4 atom stereocenters. The number of rotatable bonds is 19. The molecule has 19 nitrogen and oxygen atoms in total. The molecule has 2 fully saturated rings. The number of anilines is 1. The molecule has 8 rings (SSSR count). The van der Waals surface area contributed by atoms with Gasteiger partial charge < -0.3 is 43.5 Å². The van der Waals surface area contributed by atoms with Gasteiger partial charge in [0.1, 0.15) is 37.1 Å². The average Bonchev–Trinajstić information content (AvgIpc) is 3.85. The van der Waals surface area contributed by atoms with Crippen molar-refractivity contribution in [1.29, 1.82) is 0 Å². The smallest absolute Gasteiger partial charge is 0.416 e. The molecule has 71 heavy (non-hydrogen) atoms. The third-order valence-electron chi connectivity index (χ3n) is 12.8. The molecule has 0 aromatic heterocycles. The van der Waals surface area contributed by atoms with Crippen LogP contribution in [-0.2, 0) is 69.5 Å². The molecule has 4 aliphatic heterocycles. The van der Waals surface area contributed by atoms with E-state index < -0.39 is 75.6 Å². The number of aliphatic hydroxyl groups excluding tert-OH is 2. The number of hydrogen-bond donors (Lipinski definition) is 2. The van der Waals surface area contributed by atoms with Gasteiger partial charge in [-0.1, -0.05) is 66.7 Å². The van der Waals surface area contributed by atoms with Gasteiger partial charge in [0.05, 0.1) is 56.4 Å². The summed E-state index contributed by atoms with van der Waals surface area (Å²) in [5.74, 6) is -4.09. The summed E-state index contributed by atoms with van der Waals surface area (Å²) in [6, 6.07) is 23.8. The Labute approximate surface area is 409 Å². The first-order chi connectivity index (χ1) is 34.2. The topological polar surface area (TPSA) is 242 Å². The maximum absolute atomic E-state index is 14.0. The molecule has 4 aromatic rings. The van der Waals surface area contributed by atoms with Crippen molar-refractivity contribution in [2.45, 2.75) is 76.0 Å². The summed E-state index contributed by atoms with van der Waals surface area (Å²) in [5, 5.41) is 19.6. The number of esters is 2. The van der Waals surface area contributed by atoms with Gasteiger partial charge in [-0.15, -0.1) is 0 Å². The quantitative estimate of drug-likeness (QED) is 0.0573. The lowest BCUT2D eigenvalue weighted by atomic mass is 9.89. The second-order valence-corrected chi connectivity index (χ2v) is 19.5. The standard InChI is InChI=1S/C51H53N3O16S/c1-65-42-24-38-41(25-43(42)67-21-7-11-44(57)66-2)53(48(60)40-10-6-20-52(40)46(38)58)51(62)70-28-34-16-18-37(19-17-34)68-29-35-30-71(63,64)49-39(23-36(56)22-31-8-4-3-5-9-31)47(59)54(49)45(35)50(61)69-27-33-14-12-32(26-55)13-15-33/h3-5,8-9,12-19,24-25,39-40,48-49,55,60H,6-7,10-11,20-23,26-30H2,1-2H3. The first-order valence-electron chi connectivity index (χ1n) is 23.0. The van der Waals surface area contributed by atoms with E-state index in [1.54, 1.807) is 66.7 Å². The minimum atomic E-state index is -4.14. The summed E-state index contributed by atoms with van der Waals surface area (Å²) in [4.78, 5) is 83.7. The van der Waals surface area contributed by atoms with Gasteiger partial charge >= 0.3 is 18.0 Å². The minimum absolute atomic E-state index is 0.00436. The molecule has 4 heterocycles. The second-order valence-electron chi connectivity index (χ2n) is 17.4. The Morgan fingerprint density at radius 2 is 1.49 bits per heavy atom. The zero-order valence-corrected chi connectivity index (χ0v) is 39.8. The fraction of sp³-hybridized carbons (Fsp3) is 0.373. The van der Waals surface area contributed by atoms with Crippen molar-refractivity contribution in [2.75, 3.05) is 44.6 Å². The molecule has 4 unspecified atom stereocenters. The molecule has 0 radical (unpaired) electrons. The molecular formula is C51H53N3O16S. The Morgan fingerprint density at radius 3 is 2.18 bits per heavy atom. The third-order valence-corrected chi connectivity index (χ3v) is 14.8. The molecule has 3 amide bonds. The molecule has 20 heteroatoms. The first-order valence-corrected chi connectivity index (χ1v) is 24.7. The van der Waals surface area contributed by atoms with Crippen LogP contribution in [0.5, 0.6) is 17.2 Å². The molecule has 4 aliphatic rings. The molecule has 0 spiro atoms. The lowest BCUT2D eigenvalue weighted by molar-refractivity contribution is -0.156. The van der Waals surface area contributed by atoms with Crippen LogP contribution >= 0.6 is 0 Å². The van der Waals surface area contributed by atoms with Crippen molar-refractivity contribution < 1.29 is 75.8 Å². The number of amides is 3. The van der Waals surface area contributed by atoms with Gasteiger partial charge in [-0.3, -0.25) is 24.1 Å². The van der Waals surface area contributed by atoms with Crippen LogP contribution in [0.15, 0.2) is 102 Å². The molecule has 0 bridgehead atoms. The summed E-state index contributed by atoms with van der Waals surface area (Å²) in [6.45, 7) is -0.706. The van der Waals surface area contributed by atoms with Crippen molar-refractivity contribution in [1.82, 2.24) is 9.80 Å². The lowest BCUT2D eigenvalue weighted by Gasteiger charge is -2.49. The van der Waals surface area contributed by atoms with Gasteiger partial charge in [0, 0.05) is 37.4 Å². The Bertz CT molecular complexity index is 2820. The molecule has 2 N–H and O–H groups in total. The highest BCUT2D eigenvalue weighted by Gasteiger charge is 2.60. The van der Waals surface area contributed by atoms with E-state index in [4.69, 9.17) is 28.4 Å². The molecule has 4 aromatic carbocycles. The highest BCUT2D eigenvalue weighted by Crippen LogP contribution is 2.44. The summed E-state index contributed by atoms with van der Waals surface area (Å²) >= 11 is 0. The van der Waals surface area contributed by atoms with Gasteiger partial charge in [-0.05, 0) is 59.7 Å². The van der Waals surface area contributed by atoms with Crippen molar-refractivity contribution in [3.05, 3.63) is 130 Å². The Hall–Kier alpha value is -7.29. The van der Waals surface area contributed by atoms with Crippen LogP contribution in [0.3, 0.4) is 0 Å². The van der Waals surface area contributed by atoms with Gasteiger partial charge in [-0.2, -0.15) is 0 Å². The van der Waals surface area contributed by atoms with Crippen molar-refractivity contribution >= 4 is 51.2 Å². The molecular weight excluding hydrogens is 943 g/mol. The van der Waals surface area contributed by atoms with Gasteiger partial charge in [0.2, 0.25) is 5.91 Å². The number of aliphatic hydroxyl groups is 2. The highest BCUT2D eigenvalue weighted by molar-refractivity contribution is 7.92. The van der Waals surface area contributed by atoms with E-state index in [1.165, 1.54) is 43.4 Å². The van der Waals surface area contributed by atoms with Crippen LogP contribution in [-0.4, -0.2) is 121 Å². The largest absolute Gasteiger partial charge is 0.493 e. The second kappa shape index (κ2) is 21.8. The van der Waals surface area contributed by atoms with Crippen LogP contribution in [0.1, 0.15) is 64.7 Å². The summed E-state index contributed by atoms with van der Waals surface area (Å²) in [7, 11) is -1.46. The van der Waals surface area contributed by atoms with Crippen LogP contribution in [0.2, 0.25) is 0 Å². The molecule has 0 aliphatic carbocycles. The number of carbonyl (C=O) groups is 6. The predicted octanol–water partition coefficient (Wildman–Crippen LogP) is 4.39. The van der Waals surface area contributed by atoms with Crippen molar-refractivity contribution in [3.8, 4) is 17.2 Å². The first kappa shape index (κ1) is 50.1. The predicted molar refractivity (Wildman–Crippen MR) is 251 cm³/mol. The number of benzene rings is 4. The van der Waals surface area contributed by atoms with Crippen LogP contribution in [0.25, 0.3) is 0 Å². The van der Waals surface area contributed by atoms with Gasteiger partial charge in [-0.25, -0.2) is 22.9 Å². The van der Waals surface area contributed by atoms with E-state index in [9.17, 15) is 47.4 Å². The van der Waals surface area contributed by atoms with Gasteiger partial charge in [0.15, 0.2) is 32.9 Å². The normalized spacial score (nSPS) is 19.9. The number of fused-ring (bicyclic) bond motifs is 3. The minimum Gasteiger partial charge on any atom is -0.493 e. The summed E-state index contributed by atoms with van der Waals surface area (Å²) < 4.78 is 61.3. The zero-order chi connectivity index (χ0) is 50.4. The van der Waals surface area contributed by atoms with Crippen LogP contribution in [0.4, 0.5) is 10.5 Å². The van der Waals surface area contributed by atoms with E-state index in [-0.39, 0.29) is 91.2 Å². The Balaban J connectivity index is 0.973. The number of carbonyl (C=O) groups excluding carboxylic acids is 6. The highest BCUT2D eigenvalue weighted by atomic mass is 32.2. The van der Waals surface area contributed by atoms with E-state index in [0.717, 1.165) is 9.80 Å². The Morgan fingerprint density at radius 1 is 0.803 bits per heavy atom. The van der Waals surface area contributed by atoms with Crippen LogP contribution < -0.4 is 19.1 Å². The molecule has 2 saturated heterocycles. The number of hydrogen-bond acceptors (Lipinski definition) is 16. The maximum atomic E-state index is 14.0. The number of Topliss-reactive ketones (excluding diaryl/α,β-unsaturated/α-hetero) is 1. The monoisotopic (exact) mass is 995 g/mol. The fourth-order valence-corrected chi connectivity index (χ4v) is 11.3. The number of β-lactam (4-membered cyclic amide) rings is 1. The van der Waals surface area contributed by atoms with Crippen molar-refractivity contribution in [2.24, 2.45) is 5.92 Å². The van der Waals surface area contributed by atoms with E-state index >= 15 is 0 Å². The average molecular weight is 996 g/mol. The fourth-order valence-electron chi connectivity index (χ4n) is 9.17. The van der Waals surface area contributed by atoms with E-state index in [2.05, 4.69) is 0 Å². The van der Waals surface area contributed by atoms with E-state index in [0.29, 0.717) is 48.1 Å². The maximum Gasteiger partial charge on any atom is 0.416 e. The third kappa shape index (κ3) is 10.9. The number of nitrogens with zero attached hydrogens (tertiary/aromatic N) is 3. The molecule has 374 valence electrons. The summed E-state index contributed by atoms with van der Waals surface area (Å²) in [5.41, 5.74) is 2.21.